The van der Waals surface area contributed by atoms with E-state index in [1.54, 1.807) is 24.3 Å². The lowest BCUT2D eigenvalue weighted by Crippen LogP contribution is -2.35. The van der Waals surface area contributed by atoms with Gasteiger partial charge in [0.25, 0.3) is 5.91 Å². The molecule has 2 aliphatic rings. The van der Waals surface area contributed by atoms with Crippen LogP contribution in [0.3, 0.4) is 0 Å². The second kappa shape index (κ2) is 11.1. The Kier molecular flexibility index (Phi) is 7.93. The van der Waals surface area contributed by atoms with Crippen LogP contribution in [0.25, 0.3) is 6.08 Å². The van der Waals surface area contributed by atoms with Crippen LogP contribution in [0, 0.1) is 5.41 Å². The minimum Gasteiger partial charge on any atom is -0.490 e. The molecule has 182 valence electrons. The number of halogens is 1. The molecule has 2 aliphatic heterocycles. The van der Waals surface area contributed by atoms with Gasteiger partial charge in [-0.15, -0.1) is 0 Å². The summed E-state index contributed by atoms with van der Waals surface area (Å²) in [6.07, 6.45) is 3.37. The fourth-order valence-corrected chi connectivity index (χ4v) is 4.54. The van der Waals surface area contributed by atoms with Gasteiger partial charge in [-0.25, -0.2) is 0 Å². The van der Waals surface area contributed by atoms with Crippen molar-refractivity contribution in [1.29, 1.82) is 5.41 Å². The minimum atomic E-state index is -0.489. The van der Waals surface area contributed by atoms with Crippen LogP contribution in [0.5, 0.6) is 11.5 Å². The monoisotopic (exact) mass is 510 g/mol. The molecule has 1 amide bonds. The van der Waals surface area contributed by atoms with E-state index in [1.165, 1.54) is 22.3 Å². The number of amides is 1. The summed E-state index contributed by atoms with van der Waals surface area (Å²) < 4.78 is 11.8. The predicted octanol–water partition coefficient (Wildman–Crippen LogP) is 6.34. The number of thioether (sulfide) groups is 1. The number of hydrogen-bond acceptors (Lipinski definition) is 6. The molecule has 0 saturated heterocycles. The van der Waals surface area contributed by atoms with Crippen molar-refractivity contribution >= 4 is 51.4 Å². The van der Waals surface area contributed by atoms with Crippen LogP contribution in [-0.4, -0.2) is 40.2 Å². The molecule has 0 radical (unpaired) electrons. The van der Waals surface area contributed by atoms with Gasteiger partial charge in [0.2, 0.25) is 5.17 Å². The summed E-state index contributed by atoms with van der Waals surface area (Å²) >= 11 is 7.52. The molecule has 7 nitrogen and oxygen atoms in total. The maximum absolute atomic E-state index is 12.7. The average molecular weight is 511 g/mol. The Labute approximate surface area is 214 Å². The summed E-state index contributed by atoms with van der Waals surface area (Å²) in [5, 5.41) is 16.0. The summed E-state index contributed by atoms with van der Waals surface area (Å²) in [6.45, 7) is 6.99. The van der Waals surface area contributed by atoms with Gasteiger partial charge >= 0.3 is 0 Å². The maximum Gasteiger partial charge on any atom is 0.283 e. The van der Waals surface area contributed by atoms with Gasteiger partial charge in [0.15, 0.2) is 5.84 Å². The first-order valence-electron chi connectivity index (χ1n) is 11.5. The first kappa shape index (κ1) is 25.0. The van der Waals surface area contributed by atoms with Crippen molar-refractivity contribution in [2.45, 2.75) is 39.5 Å². The molecule has 35 heavy (non-hydrogen) atoms. The number of amidine groups is 2. The fraction of sp³-hybridized carbons (Fsp3) is 0.308. The van der Waals surface area contributed by atoms with Crippen molar-refractivity contribution in [2.75, 3.05) is 13.2 Å². The van der Waals surface area contributed by atoms with Crippen molar-refractivity contribution < 1.29 is 14.3 Å². The van der Waals surface area contributed by atoms with E-state index in [4.69, 9.17) is 26.5 Å². The Bertz CT molecular complexity index is 1220. The molecule has 1 atom stereocenters. The summed E-state index contributed by atoms with van der Waals surface area (Å²) in [5.74, 6) is 1.32. The zero-order valence-corrected chi connectivity index (χ0v) is 21.4. The molecular formula is C26H27ClN4O3S. The quantitative estimate of drug-likeness (QED) is 0.314. The molecule has 0 unspecified atom stereocenters. The van der Waals surface area contributed by atoms with E-state index in [0.29, 0.717) is 47.1 Å². The lowest BCUT2D eigenvalue weighted by Gasteiger charge is -2.20. The number of carbonyl (C=O) groups excluding carboxylic acids is 1. The maximum atomic E-state index is 12.7. The van der Waals surface area contributed by atoms with Gasteiger partial charge in [0.1, 0.15) is 29.8 Å². The second-order valence-corrected chi connectivity index (χ2v) is 9.60. The number of nitrogens with one attached hydrogen (secondary N) is 1. The highest BCUT2D eigenvalue weighted by Gasteiger charge is 2.35. The summed E-state index contributed by atoms with van der Waals surface area (Å²) in [7, 11) is 0. The molecule has 0 aromatic heterocycles. The molecular weight excluding hydrogens is 484 g/mol. The van der Waals surface area contributed by atoms with Gasteiger partial charge in [-0.1, -0.05) is 44.5 Å². The minimum absolute atomic E-state index is 0.0222. The van der Waals surface area contributed by atoms with Crippen molar-refractivity contribution in [1.82, 2.24) is 5.01 Å². The molecule has 0 spiro atoms. The van der Waals surface area contributed by atoms with Gasteiger partial charge in [-0.2, -0.15) is 15.1 Å². The number of carbonyl (C=O) groups is 1. The molecule has 2 heterocycles. The lowest BCUT2D eigenvalue weighted by atomic mass is 9.99. The van der Waals surface area contributed by atoms with Gasteiger partial charge in [-0.05, 0) is 72.5 Å². The smallest absolute Gasteiger partial charge is 0.283 e. The van der Waals surface area contributed by atoms with Crippen LogP contribution in [0.2, 0.25) is 5.02 Å². The molecule has 2 aromatic carbocycles. The highest BCUT2D eigenvalue weighted by molar-refractivity contribution is 8.26. The Morgan fingerprint density at radius 2 is 1.89 bits per heavy atom. The number of ether oxygens (including phenoxy) is 2. The third kappa shape index (κ3) is 5.77. The highest BCUT2D eigenvalue weighted by atomic mass is 35.5. The molecule has 0 bridgehead atoms. The number of hydrazone groups is 1. The Morgan fingerprint density at radius 3 is 2.60 bits per heavy atom. The third-order valence-electron chi connectivity index (χ3n) is 5.74. The molecule has 0 saturated carbocycles. The summed E-state index contributed by atoms with van der Waals surface area (Å²) in [4.78, 5) is 16.8. The normalized spacial score (nSPS) is 17.3. The number of fused-ring (bicyclic) bond motifs is 1. The van der Waals surface area contributed by atoms with Crippen LogP contribution >= 0.6 is 23.4 Å². The Morgan fingerprint density at radius 1 is 1.14 bits per heavy atom. The standard InChI is InChI=1S/C26H27ClN4O3S/c1-4-16(3)17-6-9-20(10-7-17)33-12-13-34-22-11-8-19(27)14-18(22)15-21-24(28)31-26(29-25(21)32)35-23(5-2)30-31/h6-11,14-16,28H,4-5,12-13H2,1-3H3/b21-15-,28-24?/t16-/m1/s1. The van der Waals surface area contributed by atoms with Crippen LogP contribution in [-0.2, 0) is 4.79 Å². The van der Waals surface area contributed by atoms with Gasteiger partial charge in [-0.3, -0.25) is 10.2 Å². The predicted molar refractivity (Wildman–Crippen MR) is 143 cm³/mol. The molecule has 9 heteroatoms. The number of benzene rings is 2. The van der Waals surface area contributed by atoms with E-state index in [0.717, 1.165) is 17.2 Å². The van der Waals surface area contributed by atoms with Crippen molar-refractivity contribution in [3.05, 3.63) is 64.2 Å². The number of aliphatic imine (C=N–C) groups is 1. The fourth-order valence-electron chi connectivity index (χ4n) is 3.53. The first-order valence-corrected chi connectivity index (χ1v) is 12.7. The number of hydrogen-bond donors (Lipinski definition) is 1. The van der Waals surface area contributed by atoms with Gasteiger partial charge in [0.05, 0.1) is 5.57 Å². The van der Waals surface area contributed by atoms with Crippen LogP contribution in [0.4, 0.5) is 0 Å². The third-order valence-corrected chi connectivity index (χ3v) is 7.03. The lowest BCUT2D eigenvalue weighted by molar-refractivity contribution is -0.114. The zero-order chi connectivity index (χ0) is 24.9. The van der Waals surface area contributed by atoms with Crippen LogP contribution in [0.1, 0.15) is 50.7 Å². The second-order valence-electron chi connectivity index (χ2n) is 8.12. The Balaban J connectivity index is 1.44. The van der Waals surface area contributed by atoms with Gasteiger partial charge in [0, 0.05) is 10.6 Å². The summed E-state index contributed by atoms with van der Waals surface area (Å²) in [5.41, 5.74) is 1.99. The van der Waals surface area contributed by atoms with E-state index >= 15 is 0 Å². The van der Waals surface area contributed by atoms with Crippen LogP contribution in [0.15, 0.2) is 58.1 Å². The zero-order valence-electron chi connectivity index (χ0n) is 19.9. The van der Waals surface area contributed by atoms with E-state index in [1.807, 2.05) is 19.1 Å². The van der Waals surface area contributed by atoms with Crippen molar-refractivity contribution in [2.24, 2.45) is 10.1 Å². The average Bonchev–Trinajstić information content (AvgIpc) is 3.28. The molecule has 1 N–H and O–H groups in total. The molecule has 0 aliphatic carbocycles. The largest absolute Gasteiger partial charge is 0.490 e. The van der Waals surface area contributed by atoms with Gasteiger partial charge < -0.3 is 9.47 Å². The molecule has 2 aromatic rings. The highest BCUT2D eigenvalue weighted by Crippen LogP contribution is 2.31. The molecule has 4 rings (SSSR count). The van der Waals surface area contributed by atoms with E-state index in [9.17, 15) is 4.79 Å². The first-order chi connectivity index (χ1) is 16.9. The summed E-state index contributed by atoms with van der Waals surface area (Å²) in [6, 6.07) is 13.3. The van der Waals surface area contributed by atoms with Crippen LogP contribution < -0.4 is 9.47 Å². The van der Waals surface area contributed by atoms with E-state index in [-0.39, 0.29) is 11.4 Å². The molecule has 0 fully saturated rings. The number of nitrogens with zero attached hydrogens (tertiary/aromatic N) is 3. The number of rotatable bonds is 9. The van der Waals surface area contributed by atoms with Crippen molar-refractivity contribution in [3.63, 3.8) is 0 Å². The van der Waals surface area contributed by atoms with Crippen molar-refractivity contribution in [3.8, 4) is 11.5 Å². The van der Waals surface area contributed by atoms with E-state index < -0.39 is 5.91 Å². The Hall–Kier alpha value is -3.10. The topological polar surface area (TPSA) is 87.3 Å². The van der Waals surface area contributed by atoms with E-state index in [2.05, 4.69) is 36.1 Å². The SMILES string of the molecule is CCC1=NN2C(=N)/C(=C/c3cc(Cl)ccc3OCCOc3ccc([C@H](C)CC)cc3)C(=O)N=C2S1.